The predicted octanol–water partition coefficient (Wildman–Crippen LogP) is 3.49. The summed E-state index contributed by atoms with van der Waals surface area (Å²) < 4.78 is 5.96. The molecule has 4 aromatic rings. The highest BCUT2D eigenvalue weighted by Crippen LogP contribution is 2.24. The van der Waals surface area contributed by atoms with Crippen LogP contribution in [0.1, 0.15) is 10.4 Å². The van der Waals surface area contributed by atoms with Gasteiger partial charge in [-0.1, -0.05) is 29.0 Å². The lowest BCUT2D eigenvalue weighted by molar-refractivity contribution is 0.0601. The lowest BCUT2D eigenvalue weighted by Gasteiger charge is -2.04. The molecule has 0 fully saturated rings. The maximum atomic E-state index is 12.6. The van der Waals surface area contributed by atoms with Crippen molar-refractivity contribution < 1.29 is 9.53 Å². The van der Waals surface area contributed by atoms with E-state index in [1.807, 2.05) is 0 Å². The number of halogens is 1. The van der Waals surface area contributed by atoms with Crippen molar-refractivity contribution in [3.8, 4) is 0 Å². The fraction of sp³-hybridized carbons (Fsp3) is 0.0588. The number of rotatable bonds is 3. The van der Waals surface area contributed by atoms with Crippen LogP contribution in [-0.4, -0.2) is 27.7 Å². The second kappa shape index (κ2) is 6.40. The lowest BCUT2D eigenvalue weighted by atomic mass is 10.2. The molecule has 0 radical (unpaired) electrons. The summed E-state index contributed by atoms with van der Waals surface area (Å²) in [7, 11) is 1.32. The Bertz CT molecular complexity index is 1220. The molecule has 9 heteroatoms. The molecule has 0 amide bonds. The van der Waals surface area contributed by atoms with Gasteiger partial charge in [-0.3, -0.25) is 4.79 Å². The van der Waals surface area contributed by atoms with Crippen LogP contribution in [0.15, 0.2) is 47.3 Å². The van der Waals surface area contributed by atoms with Crippen molar-refractivity contribution >= 4 is 55.6 Å². The molecule has 1 N–H and O–H groups in total. The highest BCUT2D eigenvalue weighted by Gasteiger charge is 2.12. The predicted molar refractivity (Wildman–Crippen MR) is 101 cm³/mol. The Morgan fingerprint density at radius 3 is 2.92 bits per heavy atom. The molecular formula is C17H11ClN4O3S. The first-order valence-electron chi connectivity index (χ1n) is 7.50. The number of anilines is 2. The number of nitrogens with zero attached hydrogens (tertiary/aromatic N) is 3. The van der Waals surface area contributed by atoms with Crippen molar-refractivity contribution in [1.29, 1.82) is 0 Å². The molecule has 26 heavy (non-hydrogen) atoms. The minimum absolute atomic E-state index is 0.269. The van der Waals surface area contributed by atoms with E-state index in [1.54, 1.807) is 42.5 Å². The number of carbonyl (C=O) groups excluding carboxylic acids is 1. The van der Waals surface area contributed by atoms with E-state index < -0.39 is 5.97 Å². The van der Waals surface area contributed by atoms with Gasteiger partial charge in [0, 0.05) is 10.7 Å². The van der Waals surface area contributed by atoms with Gasteiger partial charge in [0.15, 0.2) is 0 Å². The van der Waals surface area contributed by atoms with E-state index in [0.717, 1.165) is 0 Å². The Kier molecular flexibility index (Phi) is 4.06. The number of fused-ring (bicyclic) bond motifs is 2. The van der Waals surface area contributed by atoms with Gasteiger partial charge in [-0.25, -0.2) is 9.78 Å². The largest absolute Gasteiger partial charge is 0.465 e. The van der Waals surface area contributed by atoms with Crippen LogP contribution in [0.3, 0.4) is 0 Å². The van der Waals surface area contributed by atoms with Crippen LogP contribution < -0.4 is 10.9 Å². The van der Waals surface area contributed by atoms with Crippen LogP contribution in [0.2, 0.25) is 5.02 Å². The van der Waals surface area contributed by atoms with Gasteiger partial charge in [0.2, 0.25) is 10.1 Å². The van der Waals surface area contributed by atoms with Gasteiger partial charge < -0.3 is 10.1 Å². The van der Waals surface area contributed by atoms with Crippen LogP contribution in [0.25, 0.3) is 15.9 Å². The topological polar surface area (TPSA) is 85.6 Å². The summed E-state index contributed by atoms with van der Waals surface area (Å²) >= 11 is 7.19. The number of benzene rings is 2. The number of esters is 1. The van der Waals surface area contributed by atoms with Gasteiger partial charge in [0.1, 0.15) is 0 Å². The summed E-state index contributed by atoms with van der Waals surface area (Å²) in [6.07, 6.45) is 0. The number of hydrogen-bond donors (Lipinski definition) is 1. The molecule has 2 aromatic heterocycles. The average Bonchev–Trinajstić information content (AvgIpc) is 3.03. The van der Waals surface area contributed by atoms with Gasteiger partial charge in [-0.05, 0) is 36.4 Å². The minimum Gasteiger partial charge on any atom is -0.465 e. The van der Waals surface area contributed by atoms with Crippen LogP contribution in [0.4, 0.5) is 10.8 Å². The van der Waals surface area contributed by atoms with Gasteiger partial charge in [0.05, 0.1) is 23.6 Å². The van der Waals surface area contributed by atoms with Crippen LogP contribution in [0.5, 0.6) is 0 Å². The van der Waals surface area contributed by atoms with E-state index in [-0.39, 0.29) is 5.56 Å². The molecule has 130 valence electrons. The number of aromatic nitrogens is 3. The molecule has 2 aromatic carbocycles. The molecule has 0 spiro atoms. The van der Waals surface area contributed by atoms with Gasteiger partial charge in [-0.2, -0.15) is 4.52 Å². The molecule has 0 atom stereocenters. The third-order valence-corrected chi connectivity index (χ3v) is 4.75. The summed E-state index contributed by atoms with van der Waals surface area (Å²) in [6.45, 7) is 0. The van der Waals surface area contributed by atoms with Crippen molar-refractivity contribution in [2.75, 3.05) is 12.4 Å². The number of hydrogen-bond acceptors (Lipinski definition) is 7. The molecule has 0 aliphatic rings. The molecule has 0 saturated carbocycles. The van der Waals surface area contributed by atoms with Gasteiger partial charge in [0.25, 0.3) is 5.56 Å². The molecule has 4 rings (SSSR count). The van der Waals surface area contributed by atoms with Crippen molar-refractivity contribution in [2.45, 2.75) is 0 Å². The standard InChI is InChI=1S/C17H11ClN4O3S/c1-25-15(24)9-3-2-4-11(7-9)19-16-21-22-14(23)12-6-5-10(18)8-13(12)20-17(22)26-16/h2-8H,1H3,(H,19,21). The van der Waals surface area contributed by atoms with E-state index in [2.05, 4.69) is 15.4 Å². The Morgan fingerprint density at radius 2 is 2.12 bits per heavy atom. The highest BCUT2D eigenvalue weighted by molar-refractivity contribution is 7.20. The van der Waals surface area contributed by atoms with E-state index in [0.29, 0.717) is 37.3 Å². The second-order valence-electron chi connectivity index (χ2n) is 5.38. The lowest BCUT2D eigenvalue weighted by Crippen LogP contribution is -2.15. The van der Waals surface area contributed by atoms with Gasteiger partial charge >= 0.3 is 5.97 Å². The summed E-state index contributed by atoms with van der Waals surface area (Å²) in [5, 5.41) is 8.78. The first-order valence-corrected chi connectivity index (χ1v) is 8.69. The molecular weight excluding hydrogens is 376 g/mol. The summed E-state index contributed by atoms with van der Waals surface area (Å²) in [4.78, 5) is 29.1. The fourth-order valence-electron chi connectivity index (χ4n) is 2.50. The normalized spacial score (nSPS) is 11.0. The molecule has 0 aliphatic heterocycles. The van der Waals surface area contributed by atoms with Gasteiger partial charge in [-0.15, -0.1) is 5.10 Å². The third-order valence-electron chi connectivity index (χ3n) is 3.69. The fourth-order valence-corrected chi connectivity index (χ4v) is 3.48. The quantitative estimate of drug-likeness (QED) is 0.542. The average molecular weight is 387 g/mol. The Balaban J connectivity index is 1.76. The monoisotopic (exact) mass is 386 g/mol. The van der Waals surface area contributed by atoms with E-state index in [9.17, 15) is 9.59 Å². The summed E-state index contributed by atoms with van der Waals surface area (Å²) in [5.74, 6) is -0.432. The summed E-state index contributed by atoms with van der Waals surface area (Å²) in [6, 6.07) is 11.7. The molecule has 0 unspecified atom stereocenters. The Hall–Kier alpha value is -2.97. The Labute approximate surface area is 155 Å². The SMILES string of the molecule is COC(=O)c1cccc(Nc2nn3c(=O)c4ccc(Cl)cc4nc3s2)c1. The van der Waals surface area contributed by atoms with E-state index in [1.165, 1.54) is 23.0 Å². The maximum absolute atomic E-state index is 12.6. The maximum Gasteiger partial charge on any atom is 0.337 e. The smallest absolute Gasteiger partial charge is 0.337 e. The third kappa shape index (κ3) is 2.89. The number of carbonyl (C=O) groups is 1. The first-order chi connectivity index (χ1) is 12.5. The van der Waals surface area contributed by atoms with Crippen LogP contribution in [-0.2, 0) is 4.74 Å². The molecule has 0 aliphatic carbocycles. The van der Waals surface area contributed by atoms with Crippen LogP contribution in [0, 0.1) is 0 Å². The zero-order valence-corrected chi connectivity index (χ0v) is 15.0. The van der Waals surface area contributed by atoms with Crippen molar-refractivity contribution in [1.82, 2.24) is 14.6 Å². The Morgan fingerprint density at radius 1 is 1.27 bits per heavy atom. The molecule has 0 saturated heterocycles. The first kappa shape index (κ1) is 16.5. The van der Waals surface area contributed by atoms with Crippen molar-refractivity contribution in [3.63, 3.8) is 0 Å². The second-order valence-corrected chi connectivity index (χ2v) is 6.77. The molecule has 0 bridgehead atoms. The minimum atomic E-state index is -0.432. The molecule has 2 heterocycles. The highest BCUT2D eigenvalue weighted by atomic mass is 35.5. The zero-order valence-electron chi connectivity index (χ0n) is 13.4. The van der Waals surface area contributed by atoms with E-state index >= 15 is 0 Å². The number of ether oxygens (including phenoxy) is 1. The number of methoxy groups -OCH3 is 1. The number of nitrogens with one attached hydrogen (secondary N) is 1. The summed E-state index contributed by atoms with van der Waals surface area (Å²) in [5.41, 5.74) is 1.31. The van der Waals surface area contributed by atoms with E-state index in [4.69, 9.17) is 16.3 Å². The molecule has 7 nitrogen and oxygen atoms in total. The van der Waals surface area contributed by atoms with Crippen molar-refractivity contribution in [3.05, 3.63) is 63.4 Å². The van der Waals surface area contributed by atoms with Crippen molar-refractivity contribution in [2.24, 2.45) is 0 Å². The van der Waals surface area contributed by atoms with Crippen LogP contribution >= 0.6 is 22.9 Å². The zero-order chi connectivity index (χ0) is 18.3.